The van der Waals surface area contributed by atoms with Gasteiger partial charge in [0.15, 0.2) is 11.5 Å². The number of carbonyl (C=O) groups is 2. The van der Waals surface area contributed by atoms with E-state index in [0.29, 0.717) is 39.7 Å². The minimum atomic E-state index is -4.54. The molecule has 8 nitrogen and oxygen atoms in total. The quantitative estimate of drug-likeness (QED) is 0.341. The Morgan fingerprint density at radius 3 is 1.83 bits per heavy atom. The molecule has 0 spiro atoms. The summed E-state index contributed by atoms with van der Waals surface area (Å²) in [6.07, 6.45) is -3.19. The molecule has 2 amide bonds. The molecule has 1 aliphatic heterocycles. The maximum absolute atomic E-state index is 13.5. The van der Waals surface area contributed by atoms with E-state index in [4.69, 9.17) is 18.9 Å². The first-order valence-electron chi connectivity index (χ1n) is 13.0. The van der Waals surface area contributed by atoms with E-state index in [1.807, 2.05) is 0 Å². The molecule has 1 saturated heterocycles. The van der Waals surface area contributed by atoms with Crippen LogP contribution in [0.15, 0.2) is 66.7 Å². The van der Waals surface area contributed by atoms with Gasteiger partial charge in [-0.15, -0.1) is 0 Å². The van der Waals surface area contributed by atoms with Crippen LogP contribution in [0.25, 0.3) is 5.57 Å². The molecule has 1 fully saturated rings. The van der Waals surface area contributed by atoms with E-state index in [1.165, 1.54) is 46.6 Å². The van der Waals surface area contributed by atoms with E-state index >= 15 is 0 Å². The van der Waals surface area contributed by atoms with Gasteiger partial charge in [-0.3, -0.25) is 9.59 Å². The summed E-state index contributed by atoms with van der Waals surface area (Å²) in [5, 5.41) is 0. The van der Waals surface area contributed by atoms with E-state index < -0.39 is 11.7 Å². The summed E-state index contributed by atoms with van der Waals surface area (Å²) in [4.78, 5) is 29.9. The monoisotopic (exact) mass is 584 g/mol. The van der Waals surface area contributed by atoms with Crippen LogP contribution >= 0.6 is 0 Å². The van der Waals surface area contributed by atoms with Gasteiger partial charge in [-0.25, -0.2) is 0 Å². The molecule has 0 atom stereocenters. The summed E-state index contributed by atoms with van der Waals surface area (Å²) >= 11 is 0. The first-order valence-corrected chi connectivity index (χ1v) is 13.0. The molecular formula is C31H31F3N2O6. The number of rotatable bonds is 8. The van der Waals surface area contributed by atoms with Crippen LogP contribution in [0.2, 0.25) is 0 Å². The molecule has 1 aliphatic rings. The number of piperazine rings is 1. The second kappa shape index (κ2) is 12.9. The summed E-state index contributed by atoms with van der Waals surface area (Å²) in [6.45, 7) is 1.00. The highest BCUT2D eigenvalue weighted by molar-refractivity contribution is 6.00. The number of amides is 2. The summed E-state index contributed by atoms with van der Waals surface area (Å²) in [5.74, 6) is 0.992. The van der Waals surface area contributed by atoms with E-state index in [0.717, 1.165) is 12.1 Å². The fraction of sp³-hybridized carbons (Fsp3) is 0.290. The second-order valence-corrected chi connectivity index (χ2v) is 9.40. The van der Waals surface area contributed by atoms with Crippen LogP contribution in [-0.2, 0) is 11.0 Å². The third kappa shape index (κ3) is 6.62. The fourth-order valence-corrected chi connectivity index (χ4v) is 4.70. The highest BCUT2D eigenvalue weighted by Crippen LogP contribution is 2.38. The SMILES string of the molecule is COc1ccc(C(=CC(=O)N2CCN(C(=O)c3cc(OC)c(OC)c(OC)c3)CC2)c2cccc(C(F)(F)F)c2)cc1. The van der Waals surface area contributed by atoms with Crippen LogP contribution in [0.3, 0.4) is 0 Å². The largest absolute Gasteiger partial charge is 0.497 e. The highest BCUT2D eigenvalue weighted by Gasteiger charge is 2.31. The van der Waals surface area contributed by atoms with Gasteiger partial charge in [-0.1, -0.05) is 24.3 Å². The van der Waals surface area contributed by atoms with Gasteiger partial charge in [-0.05, 0) is 53.1 Å². The minimum absolute atomic E-state index is 0.240. The summed E-state index contributed by atoms with van der Waals surface area (Å²) in [6, 6.07) is 14.7. The molecule has 1 heterocycles. The number of alkyl halides is 3. The molecule has 0 saturated carbocycles. The summed E-state index contributed by atoms with van der Waals surface area (Å²) in [7, 11) is 5.90. The van der Waals surface area contributed by atoms with Crippen molar-refractivity contribution < 1.29 is 41.7 Å². The number of hydrogen-bond donors (Lipinski definition) is 0. The van der Waals surface area contributed by atoms with Crippen molar-refractivity contribution >= 4 is 17.4 Å². The molecule has 0 N–H and O–H groups in total. The van der Waals surface area contributed by atoms with Gasteiger partial charge in [0.1, 0.15) is 5.75 Å². The zero-order valence-electron chi connectivity index (χ0n) is 23.7. The smallest absolute Gasteiger partial charge is 0.416 e. The molecular weight excluding hydrogens is 553 g/mol. The van der Waals surface area contributed by atoms with Gasteiger partial charge in [-0.2, -0.15) is 13.2 Å². The van der Waals surface area contributed by atoms with Crippen molar-refractivity contribution in [1.82, 2.24) is 9.80 Å². The van der Waals surface area contributed by atoms with Crippen molar-refractivity contribution in [3.05, 3.63) is 89.0 Å². The van der Waals surface area contributed by atoms with E-state index in [1.54, 1.807) is 46.2 Å². The zero-order valence-corrected chi connectivity index (χ0v) is 23.7. The van der Waals surface area contributed by atoms with Gasteiger partial charge >= 0.3 is 6.18 Å². The van der Waals surface area contributed by atoms with Crippen molar-refractivity contribution in [3.63, 3.8) is 0 Å². The van der Waals surface area contributed by atoms with E-state index in [-0.39, 0.29) is 43.6 Å². The Balaban J connectivity index is 1.56. The molecule has 3 aromatic rings. The van der Waals surface area contributed by atoms with E-state index in [9.17, 15) is 22.8 Å². The Morgan fingerprint density at radius 2 is 1.31 bits per heavy atom. The Kier molecular flexibility index (Phi) is 9.29. The van der Waals surface area contributed by atoms with Crippen molar-refractivity contribution in [3.8, 4) is 23.0 Å². The first kappa shape index (κ1) is 30.3. The lowest BCUT2D eigenvalue weighted by Crippen LogP contribution is -2.50. The fourth-order valence-electron chi connectivity index (χ4n) is 4.70. The highest BCUT2D eigenvalue weighted by atomic mass is 19.4. The average molecular weight is 585 g/mol. The number of carbonyl (C=O) groups excluding carboxylic acids is 2. The van der Waals surface area contributed by atoms with Crippen molar-refractivity contribution in [2.24, 2.45) is 0 Å². The van der Waals surface area contributed by atoms with Crippen molar-refractivity contribution in [2.45, 2.75) is 6.18 Å². The van der Waals surface area contributed by atoms with Gasteiger partial charge in [0.25, 0.3) is 5.91 Å². The molecule has 3 aromatic carbocycles. The van der Waals surface area contributed by atoms with Gasteiger partial charge < -0.3 is 28.7 Å². The number of benzene rings is 3. The van der Waals surface area contributed by atoms with Crippen molar-refractivity contribution in [1.29, 1.82) is 0 Å². The van der Waals surface area contributed by atoms with Crippen LogP contribution in [-0.4, -0.2) is 76.2 Å². The van der Waals surface area contributed by atoms with Crippen molar-refractivity contribution in [2.75, 3.05) is 54.6 Å². The average Bonchev–Trinajstić information content (AvgIpc) is 3.02. The summed E-state index contributed by atoms with van der Waals surface area (Å²) < 4.78 is 61.6. The minimum Gasteiger partial charge on any atom is -0.497 e. The molecule has 11 heteroatoms. The molecule has 42 heavy (non-hydrogen) atoms. The van der Waals surface area contributed by atoms with Crippen LogP contribution in [0.5, 0.6) is 23.0 Å². The van der Waals surface area contributed by atoms with Gasteiger partial charge in [0.05, 0.1) is 34.0 Å². The number of ether oxygens (including phenoxy) is 4. The number of hydrogen-bond acceptors (Lipinski definition) is 6. The van der Waals surface area contributed by atoms with Crippen LogP contribution in [0.4, 0.5) is 13.2 Å². The predicted molar refractivity (Wildman–Crippen MR) is 150 cm³/mol. The molecule has 222 valence electrons. The topological polar surface area (TPSA) is 77.5 Å². The lowest BCUT2D eigenvalue weighted by Gasteiger charge is -2.34. The number of halogens is 3. The van der Waals surface area contributed by atoms with Gasteiger partial charge in [0, 0.05) is 37.8 Å². The lowest BCUT2D eigenvalue weighted by atomic mass is 9.95. The normalized spacial score (nSPS) is 13.9. The zero-order chi connectivity index (χ0) is 30.4. The Hall–Kier alpha value is -4.67. The van der Waals surface area contributed by atoms with Crippen LogP contribution in [0, 0.1) is 0 Å². The van der Waals surface area contributed by atoms with Crippen LogP contribution in [0.1, 0.15) is 27.0 Å². The Bertz CT molecular complexity index is 1440. The van der Waals surface area contributed by atoms with Gasteiger partial charge in [0.2, 0.25) is 11.7 Å². The second-order valence-electron chi connectivity index (χ2n) is 9.40. The van der Waals surface area contributed by atoms with E-state index in [2.05, 4.69) is 0 Å². The molecule has 0 bridgehead atoms. The molecule has 0 aliphatic carbocycles. The molecule has 0 unspecified atom stereocenters. The maximum Gasteiger partial charge on any atom is 0.416 e. The third-order valence-corrected chi connectivity index (χ3v) is 6.96. The summed E-state index contributed by atoms with van der Waals surface area (Å²) in [5.41, 5.74) is 0.671. The predicted octanol–water partition coefficient (Wildman–Crippen LogP) is 5.16. The number of nitrogens with zero attached hydrogens (tertiary/aromatic N) is 2. The Labute approximate surface area is 241 Å². The first-order chi connectivity index (χ1) is 20.1. The maximum atomic E-state index is 13.5. The van der Waals surface area contributed by atoms with Crippen LogP contribution < -0.4 is 18.9 Å². The standard InChI is InChI=1S/C31H31F3N2O6/c1-39-24-10-8-20(9-11-24)25(21-6-5-7-23(16-21)31(32,33)34)19-28(37)35-12-14-36(15-13-35)30(38)22-17-26(40-2)29(42-4)27(18-22)41-3/h5-11,16-19H,12-15H2,1-4H3. The third-order valence-electron chi connectivity index (χ3n) is 6.96. The Morgan fingerprint density at radius 1 is 0.714 bits per heavy atom. The molecule has 0 aromatic heterocycles. The molecule has 0 radical (unpaired) electrons. The molecule has 4 rings (SSSR count). The number of methoxy groups -OCH3 is 4. The lowest BCUT2D eigenvalue weighted by molar-refractivity contribution is -0.137.